The summed E-state index contributed by atoms with van der Waals surface area (Å²) in [4.78, 5) is 9.85. The standard InChI is InChI=1S/C9H15N3O/c1-9(2,3)12-8-10-4-5-11(8)6-7-13-12/h4-5H,6-7H2,1-3H3. The van der Waals surface area contributed by atoms with Crippen molar-refractivity contribution in [1.29, 1.82) is 0 Å². The van der Waals surface area contributed by atoms with E-state index >= 15 is 0 Å². The zero-order valence-electron chi connectivity index (χ0n) is 8.32. The highest BCUT2D eigenvalue weighted by atomic mass is 16.7. The Morgan fingerprint density at radius 2 is 2.23 bits per heavy atom. The van der Waals surface area contributed by atoms with Crippen molar-refractivity contribution in [3.63, 3.8) is 0 Å². The zero-order chi connectivity index (χ0) is 9.47. The van der Waals surface area contributed by atoms with Gasteiger partial charge in [0.2, 0.25) is 5.95 Å². The van der Waals surface area contributed by atoms with Crippen molar-refractivity contribution in [2.45, 2.75) is 32.9 Å². The van der Waals surface area contributed by atoms with Crippen LogP contribution in [0.3, 0.4) is 0 Å². The SMILES string of the molecule is CC(C)(C)N1OCCn2ccnc21. The molecule has 0 spiro atoms. The van der Waals surface area contributed by atoms with Crippen LogP contribution in [0.2, 0.25) is 0 Å². The lowest BCUT2D eigenvalue weighted by molar-refractivity contribution is 0.0386. The third-order valence-electron chi connectivity index (χ3n) is 2.04. The normalized spacial score (nSPS) is 17.3. The fourth-order valence-corrected chi connectivity index (χ4v) is 1.45. The molecule has 1 aromatic rings. The second-order valence-corrected chi connectivity index (χ2v) is 4.22. The fourth-order valence-electron chi connectivity index (χ4n) is 1.45. The summed E-state index contributed by atoms with van der Waals surface area (Å²) in [6, 6.07) is 0. The Hall–Kier alpha value is -1.03. The van der Waals surface area contributed by atoms with E-state index in [0.29, 0.717) is 0 Å². The van der Waals surface area contributed by atoms with Crippen LogP contribution in [0.1, 0.15) is 20.8 Å². The van der Waals surface area contributed by atoms with Gasteiger partial charge in [-0.1, -0.05) is 0 Å². The second kappa shape index (κ2) is 2.73. The van der Waals surface area contributed by atoms with E-state index in [9.17, 15) is 0 Å². The van der Waals surface area contributed by atoms with Crippen molar-refractivity contribution >= 4 is 5.95 Å². The minimum absolute atomic E-state index is 0.0382. The Morgan fingerprint density at radius 1 is 1.46 bits per heavy atom. The van der Waals surface area contributed by atoms with Crippen molar-refractivity contribution < 1.29 is 4.84 Å². The van der Waals surface area contributed by atoms with Crippen LogP contribution in [0.5, 0.6) is 0 Å². The van der Waals surface area contributed by atoms with Gasteiger partial charge < -0.3 is 4.57 Å². The average molecular weight is 181 g/mol. The molecule has 2 heterocycles. The van der Waals surface area contributed by atoms with Gasteiger partial charge in [0.05, 0.1) is 18.7 Å². The number of fused-ring (bicyclic) bond motifs is 1. The molecule has 72 valence electrons. The predicted molar refractivity (Wildman–Crippen MR) is 50.4 cm³/mol. The molecule has 1 aliphatic rings. The van der Waals surface area contributed by atoms with Gasteiger partial charge in [-0.15, -0.1) is 0 Å². The molecule has 0 fully saturated rings. The maximum Gasteiger partial charge on any atom is 0.230 e. The van der Waals surface area contributed by atoms with Crippen molar-refractivity contribution in [2.24, 2.45) is 0 Å². The highest BCUT2D eigenvalue weighted by molar-refractivity contribution is 5.31. The van der Waals surface area contributed by atoms with Gasteiger partial charge in [-0.05, 0) is 20.8 Å². The lowest BCUT2D eigenvalue weighted by Crippen LogP contribution is -2.46. The van der Waals surface area contributed by atoms with Crippen molar-refractivity contribution in [1.82, 2.24) is 9.55 Å². The third-order valence-corrected chi connectivity index (χ3v) is 2.04. The summed E-state index contributed by atoms with van der Waals surface area (Å²) >= 11 is 0. The first kappa shape index (κ1) is 8.56. The Labute approximate surface area is 78.1 Å². The van der Waals surface area contributed by atoms with Crippen molar-refractivity contribution in [3.05, 3.63) is 12.4 Å². The van der Waals surface area contributed by atoms with E-state index in [0.717, 1.165) is 19.1 Å². The number of imidazole rings is 1. The largest absolute Gasteiger partial charge is 0.313 e. The van der Waals surface area contributed by atoms with E-state index in [-0.39, 0.29) is 5.54 Å². The molecule has 0 aromatic carbocycles. The molecular formula is C9H15N3O. The van der Waals surface area contributed by atoms with Crippen LogP contribution >= 0.6 is 0 Å². The topological polar surface area (TPSA) is 30.3 Å². The summed E-state index contributed by atoms with van der Waals surface area (Å²) < 4.78 is 2.11. The molecule has 0 unspecified atom stereocenters. The molecule has 0 bridgehead atoms. The quantitative estimate of drug-likeness (QED) is 0.606. The van der Waals surface area contributed by atoms with E-state index in [4.69, 9.17) is 4.84 Å². The maximum atomic E-state index is 5.58. The van der Waals surface area contributed by atoms with E-state index < -0.39 is 0 Å². The van der Waals surface area contributed by atoms with Gasteiger partial charge in [0.25, 0.3) is 0 Å². The molecule has 0 amide bonds. The summed E-state index contributed by atoms with van der Waals surface area (Å²) in [5.41, 5.74) is -0.0382. The Morgan fingerprint density at radius 3 is 2.92 bits per heavy atom. The first-order valence-corrected chi connectivity index (χ1v) is 4.53. The first-order chi connectivity index (χ1) is 6.09. The number of aromatic nitrogens is 2. The van der Waals surface area contributed by atoms with E-state index in [1.807, 2.05) is 17.5 Å². The highest BCUT2D eigenvalue weighted by Crippen LogP contribution is 2.25. The zero-order valence-corrected chi connectivity index (χ0v) is 8.32. The van der Waals surface area contributed by atoms with E-state index in [1.165, 1.54) is 0 Å². The number of hydrogen-bond acceptors (Lipinski definition) is 3. The Bertz CT molecular complexity index is 300. The van der Waals surface area contributed by atoms with Crippen molar-refractivity contribution in [2.75, 3.05) is 11.7 Å². The molecule has 4 nitrogen and oxygen atoms in total. The molecule has 2 rings (SSSR count). The Kier molecular flexibility index (Phi) is 1.80. The van der Waals surface area contributed by atoms with Gasteiger partial charge in [0.15, 0.2) is 0 Å². The summed E-state index contributed by atoms with van der Waals surface area (Å²) in [5.74, 6) is 0.902. The molecule has 0 radical (unpaired) electrons. The monoisotopic (exact) mass is 181 g/mol. The van der Waals surface area contributed by atoms with Gasteiger partial charge >= 0.3 is 0 Å². The van der Waals surface area contributed by atoms with Crippen LogP contribution in [-0.4, -0.2) is 21.7 Å². The number of anilines is 1. The molecular weight excluding hydrogens is 166 g/mol. The fraction of sp³-hybridized carbons (Fsp3) is 0.667. The minimum Gasteiger partial charge on any atom is -0.313 e. The smallest absolute Gasteiger partial charge is 0.230 e. The van der Waals surface area contributed by atoms with Crippen LogP contribution in [0.25, 0.3) is 0 Å². The summed E-state index contributed by atoms with van der Waals surface area (Å²) in [6.45, 7) is 7.94. The van der Waals surface area contributed by atoms with E-state index in [1.54, 1.807) is 0 Å². The Balaban J connectivity index is 2.35. The number of hydrogen-bond donors (Lipinski definition) is 0. The lowest BCUT2D eigenvalue weighted by Gasteiger charge is -2.37. The van der Waals surface area contributed by atoms with Gasteiger partial charge in [-0.3, -0.25) is 4.84 Å². The molecule has 13 heavy (non-hydrogen) atoms. The predicted octanol–water partition coefficient (Wildman–Crippen LogP) is 1.43. The second-order valence-electron chi connectivity index (χ2n) is 4.22. The van der Waals surface area contributed by atoms with Crippen LogP contribution < -0.4 is 5.06 Å². The molecule has 1 aromatic heterocycles. The third kappa shape index (κ3) is 1.42. The number of rotatable bonds is 0. The van der Waals surface area contributed by atoms with E-state index in [2.05, 4.69) is 30.3 Å². The van der Waals surface area contributed by atoms with Crippen molar-refractivity contribution in [3.8, 4) is 0 Å². The molecule has 1 aliphatic heterocycles. The van der Waals surface area contributed by atoms with Gasteiger partial charge in [-0.25, -0.2) is 10.0 Å². The van der Waals surface area contributed by atoms with Gasteiger partial charge in [0.1, 0.15) is 0 Å². The molecule has 0 saturated heterocycles. The molecule has 0 aliphatic carbocycles. The molecule has 0 N–H and O–H groups in total. The van der Waals surface area contributed by atoms with Gasteiger partial charge in [-0.2, -0.15) is 0 Å². The van der Waals surface area contributed by atoms with Crippen LogP contribution in [-0.2, 0) is 11.4 Å². The van der Waals surface area contributed by atoms with Crippen LogP contribution in [0.15, 0.2) is 12.4 Å². The maximum absolute atomic E-state index is 5.58. The highest BCUT2D eigenvalue weighted by Gasteiger charge is 2.29. The lowest BCUT2D eigenvalue weighted by atomic mass is 10.1. The summed E-state index contributed by atoms with van der Waals surface area (Å²) in [5, 5.41) is 1.87. The molecule has 0 saturated carbocycles. The summed E-state index contributed by atoms with van der Waals surface area (Å²) in [7, 11) is 0. The van der Waals surface area contributed by atoms with Crippen LogP contribution in [0.4, 0.5) is 5.95 Å². The first-order valence-electron chi connectivity index (χ1n) is 4.53. The molecule has 4 heteroatoms. The average Bonchev–Trinajstić information content (AvgIpc) is 2.48. The minimum atomic E-state index is -0.0382. The number of hydroxylamine groups is 1. The van der Waals surface area contributed by atoms with Crippen LogP contribution in [0, 0.1) is 0 Å². The van der Waals surface area contributed by atoms with Gasteiger partial charge in [0, 0.05) is 12.4 Å². The molecule has 0 atom stereocenters. The number of nitrogens with zero attached hydrogens (tertiary/aromatic N) is 3. The summed E-state index contributed by atoms with van der Waals surface area (Å²) in [6.07, 6.45) is 3.79.